The third-order valence-electron chi connectivity index (χ3n) is 1.29. The number of carbonyl (C=O) groups excluding carboxylic acids is 1. The van der Waals surface area contributed by atoms with Gasteiger partial charge in [-0.1, -0.05) is 0 Å². The molecule has 3 nitrogen and oxygen atoms in total. The van der Waals surface area contributed by atoms with E-state index < -0.39 is 0 Å². The summed E-state index contributed by atoms with van der Waals surface area (Å²) in [5.41, 5.74) is 0.410. The zero-order chi connectivity index (χ0) is 8.97. The van der Waals surface area contributed by atoms with Gasteiger partial charge in [-0.3, -0.25) is 9.78 Å². The van der Waals surface area contributed by atoms with Gasteiger partial charge in [-0.2, -0.15) is 0 Å². The van der Waals surface area contributed by atoms with Crippen LogP contribution in [0.15, 0.2) is 24.4 Å². The molecule has 0 unspecified atom stereocenters. The van der Waals surface area contributed by atoms with Gasteiger partial charge < -0.3 is 5.11 Å². The third kappa shape index (κ3) is 2.20. The molecule has 0 aliphatic carbocycles. The molecule has 1 heterocycles. The molecule has 0 aromatic carbocycles. The Balaban J connectivity index is 2.89. The Labute approximate surface area is 70.4 Å². The minimum Gasteiger partial charge on any atom is -0.506 e. The zero-order valence-corrected chi connectivity index (χ0v) is 6.69. The molecular formula is C9H9NO2. The fourth-order valence-electron chi connectivity index (χ4n) is 0.734. The van der Waals surface area contributed by atoms with Gasteiger partial charge in [0.25, 0.3) is 0 Å². The number of aromatic nitrogens is 1. The molecule has 0 fully saturated rings. The van der Waals surface area contributed by atoms with Crippen molar-refractivity contribution in [2.45, 2.75) is 6.92 Å². The first-order valence-electron chi connectivity index (χ1n) is 3.53. The summed E-state index contributed by atoms with van der Waals surface area (Å²) in [7, 11) is 0. The van der Waals surface area contributed by atoms with Gasteiger partial charge in [-0.05, 0) is 31.2 Å². The maximum Gasteiger partial charge on any atom is 0.152 e. The number of hydrogen-bond acceptors (Lipinski definition) is 3. The van der Waals surface area contributed by atoms with Crippen LogP contribution in [0.2, 0.25) is 0 Å². The van der Waals surface area contributed by atoms with Crippen LogP contribution in [0, 0.1) is 0 Å². The van der Waals surface area contributed by atoms with E-state index >= 15 is 0 Å². The van der Waals surface area contributed by atoms with Crippen molar-refractivity contribution in [3.05, 3.63) is 30.1 Å². The fourth-order valence-corrected chi connectivity index (χ4v) is 0.734. The van der Waals surface area contributed by atoms with Gasteiger partial charge in [0.2, 0.25) is 0 Å². The molecule has 0 saturated heterocycles. The summed E-state index contributed by atoms with van der Waals surface area (Å²) >= 11 is 0. The number of nitrogens with zero attached hydrogens (tertiary/aromatic N) is 1. The van der Waals surface area contributed by atoms with E-state index in [0.29, 0.717) is 5.69 Å². The van der Waals surface area contributed by atoms with Crippen LogP contribution >= 0.6 is 0 Å². The molecule has 0 amide bonds. The second kappa shape index (κ2) is 3.67. The average Bonchev–Trinajstić information content (AvgIpc) is 2.03. The fraction of sp³-hybridized carbons (Fsp3) is 0.111. The molecule has 0 aliphatic heterocycles. The first-order valence-corrected chi connectivity index (χ1v) is 3.53. The zero-order valence-electron chi connectivity index (χ0n) is 6.69. The summed E-state index contributed by atoms with van der Waals surface area (Å²) in [6, 6.07) is 3.15. The normalized spacial score (nSPS) is 10.4. The molecule has 12 heavy (non-hydrogen) atoms. The average molecular weight is 163 g/mol. The van der Waals surface area contributed by atoms with Crippen molar-refractivity contribution < 1.29 is 9.90 Å². The maximum atomic E-state index is 10.5. The lowest BCUT2D eigenvalue weighted by Gasteiger charge is -1.94. The number of carbonyl (C=O) groups is 1. The van der Waals surface area contributed by atoms with Gasteiger partial charge in [-0.25, -0.2) is 0 Å². The second-order valence-electron chi connectivity index (χ2n) is 2.35. The summed E-state index contributed by atoms with van der Waals surface area (Å²) in [6.07, 6.45) is 4.40. The quantitative estimate of drug-likeness (QED) is 0.670. The van der Waals surface area contributed by atoms with Crippen LogP contribution in [-0.4, -0.2) is 15.9 Å². The topological polar surface area (TPSA) is 50.2 Å². The lowest BCUT2D eigenvalue weighted by Crippen LogP contribution is -1.83. The highest BCUT2D eigenvalue weighted by atomic mass is 16.3. The van der Waals surface area contributed by atoms with Crippen LogP contribution < -0.4 is 0 Å². The molecule has 1 N–H and O–H groups in total. The van der Waals surface area contributed by atoms with E-state index in [1.54, 1.807) is 12.3 Å². The lowest BCUT2D eigenvalue weighted by atomic mass is 10.3. The monoisotopic (exact) mass is 163 g/mol. The Kier molecular flexibility index (Phi) is 2.58. The van der Waals surface area contributed by atoms with Gasteiger partial charge in [0.1, 0.15) is 11.4 Å². The molecule has 1 rings (SSSR count). The van der Waals surface area contributed by atoms with Crippen LogP contribution in [0.25, 0.3) is 6.08 Å². The minimum atomic E-state index is -0.0694. The standard InChI is InChI=1S/C9H9NO2/c1-7(11)4-5-8-9(12)3-2-6-10-8/h2-6,12H,1H3. The van der Waals surface area contributed by atoms with Crippen LogP contribution in [-0.2, 0) is 4.79 Å². The van der Waals surface area contributed by atoms with E-state index in [4.69, 9.17) is 0 Å². The molecule has 0 saturated carbocycles. The molecule has 0 radical (unpaired) electrons. The van der Waals surface area contributed by atoms with Crippen molar-refractivity contribution in [1.82, 2.24) is 4.98 Å². The predicted octanol–water partition coefficient (Wildman–Crippen LogP) is 1.39. The van der Waals surface area contributed by atoms with E-state index in [2.05, 4.69) is 4.98 Å². The Morgan fingerprint density at radius 3 is 3.00 bits per heavy atom. The van der Waals surface area contributed by atoms with E-state index in [9.17, 15) is 9.90 Å². The van der Waals surface area contributed by atoms with Gasteiger partial charge in [0, 0.05) is 6.20 Å². The van der Waals surface area contributed by atoms with Crippen molar-refractivity contribution in [3.63, 3.8) is 0 Å². The van der Waals surface area contributed by atoms with E-state index in [1.165, 1.54) is 25.1 Å². The first kappa shape index (κ1) is 8.46. The van der Waals surface area contributed by atoms with Gasteiger partial charge in [0.05, 0.1) is 0 Å². The minimum absolute atomic E-state index is 0.0694. The highest BCUT2D eigenvalue weighted by Crippen LogP contribution is 2.13. The molecule has 0 aliphatic rings. The number of aromatic hydroxyl groups is 1. The highest BCUT2D eigenvalue weighted by molar-refractivity contribution is 5.91. The summed E-state index contributed by atoms with van der Waals surface area (Å²) in [6.45, 7) is 1.44. The van der Waals surface area contributed by atoms with Crippen LogP contribution in [0.4, 0.5) is 0 Å². The highest BCUT2D eigenvalue weighted by Gasteiger charge is 1.95. The Morgan fingerprint density at radius 2 is 2.42 bits per heavy atom. The lowest BCUT2D eigenvalue weighted by molar-refractivity contribution is -0.112. The van der Waals surface area contributed by atoms with Crippen molar-refractivity contribution in [1.29, 1.82) is 0 Å². The molecule has 1 aromatic rings. The van der Waals surface area contributed by atoms with E-state index in [0.717, 1.165) is 0 Å². The van der Waals surface area contributed by atoms with E-state index in [1.807, 2.05) is 0 Å². The van der Waals surface area contributed by atoms with Gasteiger partial charge in [0.15, 0.2) is 5.78 Å². The van der Waals surface area contributed by atoms with Crippen LogP contribution in [0.5, 0.6) is 5.75 Å². The smallest absolute Gasteiger partial charge is 0.152 e. The summed E-state index contributed by atoms with van der Waals surface area (Å²) < 4.78 is 0. The SMILES string of the molecule is CC(=O)C=Cc1ncccc1O. The number of pyridine rings is 1. The van der Waals surface area contributed by atoms with Gasteiger partial charge >= 0.3 is 0 Å². The first-order chi connectivity index (χ1) is 5.70. The van der Waals surface area contributed by atoms with Crippen LogP contribution in [0.3, 0.4) is 0 Å². The number of ketones is 1. The number of rotatable bonds is 2. The predicted molar refractivity (Wildman–Crippen MR) is 45.6 cm³/mol. The van der Waals surface area contributed by atoms with Crippen molar-refractivity contribution in [2.24, 2.45) is 0 Å². The van der Waals surface area contributed by atoms with Crippen LogP contribution in [0.1, 0.15) is 12.6 Å². The Bertz CT molecular complexity index is 318. The molecule has 0 spiro atoms. The molecule has 0 atom stereocenters. The summed E-state index contributed by atoms with van der Waals surface area (Å²) in [5, 5.41) is 9.20. The molecular weight excluding hydrogens is 154 g/mol. The Hall–Kier alpha value is -1.64. The van der Waals surface area contributed by atoms with Crippen molar-refractivity contribution in [3.8, 4) is 5.75 Å². The van der Waals surface area contributed by atoms with Gasteiger partial charge in [-0.15, -0.1) is 0 Å². The third-order valence-corrected chi connectivity index (χ3v) is 1.29. The van der Waals surface area contributed by atoms with Crippen molar-refractivity contribution in [2.75, 3.05) is 0 Å². The largest absolute Gasteiger partial charge is 0.506 e. The van der Waals surface area contributed by atoms with Crippen molar-refractivity contribution >= 4 is 11.9 Å². The summed E-state index contributed by atoms with van der Waals surface area (Å²) in [5.74, 6) is 0.00931. The van der Waals surface area contributed by atoms with E-state index in [-0.39, 0.29) is 11.5 Å². The number of hydrogen-bond donors (Lipinski definition) is 1. The Morgan fingerprint density at radius 1 is 1.67 bits per heavy atom. The second-order valence-corrected chi connectivity index (χ2v) is 2.35. The molecule has 62 valence electrons. The maximum absolute atomic E-state index is 10.5. The number of allylic oxidation sites excluding steroid dienone is 1. The molecule has 1 aromatic heterocycles. The summed E-state index contributed by atoms with van der Waals surface area (Å²) in [4.78, 5) is 14.4. The molecule has 0 bridgehead atoms. The molecule has 3 heteroatoms.